The maximum atomic E-state index is 8.90. The first-order valence-electron chi connectivity index (χ1n) is 8.15. The highest BCUT2D eigenvalue weighted by atomic mass is 16.5. The minimum atomic E-state index is -0.163. The summed E-state index contributed by atoms with van der Waals surface area (Å²) in [5, 5.41) is 8.90. The van der Waals surface area contributed by atoms with E-state index in [0.717, 1.165) is 24.5 Å². The molecule has 0 saturated carbocycles. The summed E-state index contributed by atoms with van der Waals surface area (Å²) in [5.41, 5.74) is 2.20. The molecule has 1 N–H and O–H groups in total. The van der Waals surface area contributed by atoms with Gasteiger partial charge in [-0.15, -0.1) is 0 Å². The van der Waals surface area contributed by atoms with E-state index in [4.69, 9.17) is 14.6 Å². The van der Waals surface area contributed by atoms with Gasteiger partial charge < -0.3 is 14.6 Å². The van der Waals surface area contributed by atoms with Gasteiger partial charge in [-0.3, -0.25) is 0 Å². The minimum Gasteiger partial charge on any atom is -0.494 e. The zero-order valence-electron chi connectivity index (χ0n) is 14.2. The van der Waals surface area contributed by atoms with E-state index in [-0.39, 0.29) is 12.0 Å². The van der Waals surface area contributed by atoms with Gasteiger partial charge in [0, 0.05) is 5.41 Å². The van der Waals surface area contributed by atoms with Crippen LogP contribution in [0.4, 0.5) is 0 Å². The Balaban J connectivity index is 2.26. The second-order valence-corrected chi connectivity index (χ2v) is 6.10. The van der Waals surface area contributed by atoms with Crippen LogP contribution in [-0.2, 0) is 5.41 Å². The summed E-state index contributed by atoms with van der Waals surface area (Å²) >= 11 is 0. The van der Waals surface area contributed by atoms with E-state index in [2.05, 4.69) is 39.0 Å². The molecule has 0 heterocycles. The molecule has 3 heteroatoms. The predicted octanol–water partition coefficient (Wildman–Crippen LogP) is 4.17. The van der Waals surface area contributed by atoms with Crippen molar-refractivity contribution in [2.75, 3.05) is 19.8 Å². The van der Waals surface area contributed by atoms with Crippen LogP contribution in [-0.4, -0.2) is 24.9 Å². The van der Waals surface area contributed by atoms with Crippen molar-refractivity contribution in [2.24, 2.45) is 0 Å². The molecule has 0 spiro atoms. The third-order valence-electron chi connectivity index (χ3n) is 3.94. The molecule has 0 saturated heterocycles. The van der Waals surface area contributed by atoms with Crippen LogP contribution in [0.1, 0.15) is 38.3 Å². The number of benzene rings is 2. The topological polar surface area (TPSA) is 38.7 Å². The van der Waals surface area contributed by atoms with Crippen LogP contribution in [0, 0.1) is 0 Å². The van der Waals surface area contributed by atoms with Crippen molar-refractivity contribution in [3.05, 3.63) is 59.7 Å². The second-order valence-electron chi connectivity index (χ2n) is 6.10. The Bertz CT molecular complexity index is 566. The first-order valence-corrected chi connectivity index (χ1v) is 8.15. The molecule has 124 valence electrons. The van der Waals surface area contributed by atoms with Gasteiger partial charge in [0.25, 0.3) is 0 Å². The van der Waals surface area contributed by atoms with Crippen LogP contribution in [0.3, 0.4) is 0 Å². The van der Waals surface area contributed by atoms with Gasteiger partial charge in [-0.2, -0.15) is 0 Å². The third kappa shape index (κ3) is 4.49. The van der Waals surface area contributed by atoms with Crippen LogP contribution in [0.25, 0.3) is 0 Å². The molecule has 0 atom stereocenters. The maximum Gasteiger partial charge on any atom is 0.119 e. The second kappa shape index (κ2) is 8.02. The van der Waals surface area contributed by atoms with Gasteiger partial charge in [0.2, 0.25) is 0 Å². The first kappa shape index (κ1) is 17.4. The van der Waals surface area contributed by atoms with Gasteiger partial charge in [0.15, 0.2) is 0 Å². The third-order valence-corrected chi connectivity index (χ3v) is 3.94. The van der Waals surface area contributed by atoms with Crippen molar-refractivity contribution >= 4 is 0 Å². The molecule has 0 fully saturated rings. The molecule has 0 radical (unpaired) electrons. The van der Waals surface area contributed by atoms with Gasteiger partial charge in [-0.25, -0.2) is 0 Å². The van der Waals surface area contributed by atoms with E-state index < -0.39 is 0 Å². The van der Waals surface area contributed by atoms with Crippen LogP contribution < -0.4 is 9.47 Å². The van der Waals surface area contributed by atoms with Crippen molar-refractivity contribution in [2.45, 2.75) is 32.6 Å². The number of hydrogen-bond donors (Lipinski definition) is 1. The summed E-state index contributed by atoms with van der Waals surface area (Å²) in [5.74, 6) is 1.69. The quantitative estimate of drug-likeness (QED) is 0.794. The van der Waals surface area contributed by atoms with E-state index in [0.29, 0.717) is 6.61 Å². The highest BCUT2D eigenvalue weighted by molar-refractivity contribution is 5.43. The molecule has 0 aliphatic heterocycles. The molecule has 0 aliphatic carbocycles. The van der Waals surface area contributed by atoms with E-state index in [1.807, 2.05) is 30.3 Å². The lowest BCUT2D eigenvalue weighted by Gasteiger charge is -2.27. The standard InChI is InChI=1S/C20H26O3/c1-4-12-22-18-9-5-7-16(14-18)20(2,3)17-8-6-10-19(15-17)23-13-11-21/h5-10,14-15,21H,4,11-13H2,1-3H3. The van der Waals surface area contributed by atoms with E-state index in [1.54, 1.807) is 0 Å². The number of rotatable bonds is 8. The molecule has 0 bridgehead atoms. The minimum absolute atomic E-state index is 0.0183. The summed E-state index contributed by atoms with van der Waals surface area (Å²) in [6, 6.07) is 16.3. The molecule has 0 unspecified atom stereocenters. The highest BCUT2D eigenvalue weighted by Crippen LogP contribution is 2.34. The number of hydrogen-bond acceptors (Lipinski definition) is 3. The normalized spacial score (nSPS) is 11.3. The number of aliphatic hydroxyl groups is 1. The fourth-order valence-electron chi connectivity index (χ4n) is 2.50. The molecule has 2 aromatic rings. The van der Waals surface area contributed by atoms with Crippen molar-refractivity contribution in [3.8, 4) is 11.5 Å². The summed E-state index contributed by atoms with van der Waals surface area (Å²) in [6.45, 7) is 7.54. The fourth-order valence-corrected chi connectivity index (χ4v) is 2.50. The van der Waals surface area contributed by atoms with Crippen LogP contribution in [0.5, 0.6) is 11.5 Å². The van der Waals surface area contributed by atoms with Crippen molar-refractivity contribution in [1.82, 2.24) is 0 Å². The molecular weight excluding hydrogens is 288 g/mol. The van der Waals surface area contributed by atoms with Gasteiger partial charge in [0.1, 0.15) is 18.1 Å². The van der Waals surface area contributed by atoms with Crippen LogP contribution in [0.2, 0.25) is 0 Å². The van der Waals surface area contributed by atoms with Gasteiger partial charge >= 0.3 is 0 Å². The Hall–Kier alpha value is -2.00. The molecule has 0 aromatic heterocycles. The summed E-state index contributed by atoms with van der Waals surface area (Å²) < 4.78 is 11.3. The average Bonchev–Trinajstić information content (AvgIpc) is 2.58. The molecule has 2 aromatic carbocycles. The molecular formula is C20H26O3. The fraction of sp³-hybridized carbons (Fsp3) is 0.400. The van der Waals surface area contributed by atoms with Gasteiger partial charge in [-0.1, -0.05) is 45.0 Å². The Labute approximate surface area is 138 Å². The van der Waals surface area contributed by atoms with Gasteiger partial charge in [-0.05, 0) is 41.8 Å². The monoisotopic (exact) mass is 314 g/mol. The van der Waals surface area contributed by atoms with E-state index in [1.165, 1.54) is 11.1 Å². The van der Waals surface area contributed by atoms with E-state index >= 15 is 0 Å². The van der Waals surface area contributed by atoms with Crippen LogP contribution in [0.15, 0.2) is 48.5 Å². The SMILES string of the molecule is CCCOc1cccc(C(C)(C)c2cccc(OCCO)c2)c1. The van der Waals surface area contributed by atoms with Crippen molar-refractivity contribution in [3.63, 3.8) is 0 Å². The first-order chi connectivity index (χ1) is 11.1. The van der Waals surface area contributed by atoms with Crippen molar-refractivity contribution < 1.29 is 14.6 Å². The Morgan fingerprint density at radius 1 is 0.870 bits per heavy atom. The Morgan fingerprint density at radius 3 is 1.87 bits per heavy atom. The Morgan fingerprint density at radius 2 is 1.39 bits per heavy atom. The number of aliphatic hydroxyl groups excluding tert-OH is 1. The predicted molar refractivity (Wildman–Crippen MR) is 93.4 cm³/mol. The van der Waals surface area contributed by atoms with E-state index in [9.17, 15) is 0 Å². The average molecular weight is 314 g/mol. The summed E-state index contributed by atoms with van der Waals surface area (Å²) in [4.78, 5) is 0. The van der Waals surface area contributed by atoms with Gasteiger partial charge in [0.05, 0.1) is 13.2 Å². The smallest absolute Gasteiger partial charge is 0.119 e. The Kier molecular flexibility index (Phi) is 6.05. The summed E-state index contributed by atoms with van der Waals surface area (Å²) in [6.07, 6.45) is 0.998. The largest absolute Gasteiger partial charge is 0.494 e. The number of ether oxygens (including phenoxy) is 2. The molecule has 3 nitrogen and oxygen atoms in total. The molecule has 23 heavy (non-hydrogen) atoms. The molecule has 0 aliphatic rings. The lowest BCUT2D eigenvalue weighted by Crippen LogP contribution is -2.19. The maximum absolute atomic E-state index is 8.90. The highest BCUT2D eigenvalue weighted by Gasteiger charge is 2.24. The zero-order chi connectivity index (χ0) is 16.7. The van der Waals surface area contributed by atoms with Crippen LogP contribution >= 0.6 is 0 Å². The van der Waals surface area contributed by atoms with Crippen molar-refractivity contribution in [1.29, 1.82) is 0 Å². The lowest BCUT2D eigenvalue weighted by molar-refractivity contribution is 0.201. The lowest BCUT2D eigenvalue weighted by atomic mass is 9.78. The molecule has 2 rings (SSSR count). The summed E-state index contributed by atoms with van der Waals surface area (Å²) in [7, 11) is 0. The zero-order valence-corrected chi connectivity index (χ0v) is 14.2. The molecule has 0 amide bonds.